The first-order valence-electron chi connectivity index (χ1n) is 12.7. The van der Waals surface area contributed by atoms with Gasteiger partial charge in [-0.3, -0.25) is 28.8 Å². The molecule has 0 unspecified atom stereocenters. The third-order valence-corrected chi connectivity index (χ3v) is 7.08. The fraction of sp³-hybridized carbons (Fsp3) is 0.538. The van der Waals surface area contributed by atoms with Crippen LogP contribution in [0, 0.1) is 17.8 Å². The first-order valence-corrected chi connectivity index (χ1v) is 13.5. The number of carboxylic acids is 2. The number of benzene rings is 1. The summed E-state index contributed by atoms with van der Waals surface area (Å²) in [5.41, 5.74) is 5.71. The summed E-state index contributed by atoms with van der Waals surface area (Å²) in [6.45, 7) is 3.62. The summed E-state index contributed by atoms with van der Waals surface area (Å²) in [4.78, 5) is 74.6. The lowest BCUT2D eigenvalue weighted by atomic mass is 9.78. The second-order valence-corrected chi connectivity index (χ2v) is 11.0. The van der Waals surface area contributed by atoms with Gasteiger partial charge in [0.1, 0.15) is 18.1 Å². The number of amides is 4. The van der Waals surface area contributed by atoms with Crippen LogP contribution in [0.15, 0.2) is 28.7 Å². The molecule has 0 spiro atoms. The zero-order chi connectivity index (χ0) is 29.3. The molecule has 1 aromatic carbocycles. The summed E-state index contributed by atoms with van der Waals surface area (Å²) in [6, 6.07) is 2.37. The van der Waals surface area contributed by atoms with Gasteiger partial charge in [-0.25, -0.2) is 0 Å². The van der Waals surface area contributed by atoms with E-state index in [1.165, 1.54) is 0 Å². The molecule has 1 aliphatic carbocycles. The summed E-state index contributed by atoms with van der Waals surface area (Å²) in [7, 11) is 0. The first kappa shape index (κ1) is 31.7. The molecule has 5 atom stereocenters. The number of carbonyl (C=O) groups is 6. The lowest BCUT2D eigenvalue weighted by molar-refractivity contribution is -0.149. The van der Waals surface area contributed by atoms with Gasteiger partial charge in [-0.15, -0.1) is 0 Å². The van der Waals surface area contributed by atoms with Gasteiger partial charge in [-0.1, -0.05) is 54.8 Å². The Labute approximate surface area is 234 Å². The third-order valence-electron chi connectivity index (χ3n) is 6.55. The molecule has 0 aromatic heterocycles. The zero-order valence-corrected chi connectivity index (χ0v) is 23.4. The molecular formula is C26H35BrN4O8. The van der Waals surface area contributed by atoms with Crippen molar-refractivity contribution in [1.29, 1.82) is 0 Å². The smallest absolute Gasteiger partial charge is 0.307 e. The molecule has 4 amide bonds. The molecule has 214 valence electrons. The molecule has 2 rings (SSSR count). The lowest BCUT2D eigenvalue weighted by Gasteiger charge is -2.30. The van der Waals surface area contributed by atoms with Gasteiger partial charge >= 0.3 is 11.9 Å². The molecule has 0 radical (unpaired) electrons. The maximum absolute atomic E-state index is 13.4. The van der Waals surface area contributed by atoms with Crippen molar-refractivity contribution in [3.8, 4) is 0 Å². The average Bonchev–Trinajstić information content (AvgIpc) is 2.86. The highest BCUT2D eigenvalue weighted by molar-refractivity contribution is 9.10. The van der Waals surface area contributed by atoms with Crippen molar-refractivity contribution in [2.24, 2.45) is 23.5 Å². The van der Waals surface area contributed by atoms with Crippen LogP contribution < -0.4 is 21.7 Å². The van der Waals surface area contributed by atoms with Crippen LogP contribution in [0.5, 0.6) is 0 Å². The molecule has 1 aliphatic rings. The molecule has 0 saturated heterocycles. The Morgan fingerprint density at radius 3 is 1.97 bits per heavy atom. The van der Waals surface area contributed by atoms with E-state index in [0.717, 1.165) is 0 Å². The summed E-state index contributed by atoms with van der Waals surface area (Å²) >= 11 is 3.30. The van der Waals surface area contributed by atoms with Crippen molar-refractivity contribution < 1.29 is 39.0 Å². The Balaban J connectivity index is 2.32. The van der Waals surface area contributed by atoms with E-state index in [1.54, 1.807) is 24.3 Å². The van der Waals surface area contributed by atoms with Crippen LogP contribution in [0.2, 0.25) is 0 Å². The Kier molecular flexibility index (Phi) is 11.9. The molecule has 0 heterocycles. The van der Waals surface area contributed by atoms with Crippen LogP contribution in [-0.4, -0.2) is 57.9 Å². The van der Waals surface area contributed by atoms with Crippen LogP contribution in [-0.2, 0) is 28.8 Å². The summed E-state index contributed by atoms with van der Waals surface area (Å²) in [5, 5.41) is 26.3. The minimum Gasteiger partial charge on any atom is -0.481 e. The highest BCUT2D eigenvalue weighted by Gasteiger charge is 2.38. The highest BCUT2D eigenvalue weighted by atomic mass is 79.9. The number of primary amides is 1. The Bertz CT molecular complexity index is 1080. The molecule has 1 saturated carbocycles. The summed E-state index contributed by atoms with van der Waals surface area (Å²) < 4.78 is 0.695. The van der Waals surface area contributed by atoms with E-state index >= 15 is 0 Å². The molecule has 7 N–H and O–H groups in total. The van der Waals surface area contributed by atoms with Crippen molar-refractivity contribution in [2.75, 3.05) is 0 Å². The summed E-state index contributed by atoms with van der Waals surface area (Å²) in [5.74, 6) is -7.48. The van der Waals surface area contributed by atoms with E-state index in [2.05, 4.69) is 31.9 Å². The van der Waals surface area contributed by atoms with Crippen LogP contribution in [0.1, 0.15) is 64.0 Å². The molecule has 12 nitrogen and oxygen atoms in total. The quantitative estimate of drug-likeness (QED) is 0.192. The fourth-order valence-electron chi connectivity index (χ4n) is 4.57. The third kappa shape index (κ3) is 9.65. The van der Waals surface area contributed by atoms with Crippen LogP contribution in [0.4, 0.5) is 0 Å². The van der Waals surface area contributed by atoms with Crippen LogP contribution >= 0.6 is 15.9 Å². The van der Waals surface area contributed by atoms with Crippen LogP contribution in [0.25, 0.3) is 0 Å². The normalized spacial score (nSPS) is 19.3. The van der Waals surface area contributed by atoms with Gasteiger partial charge < -0.3 is 31.9 Å². The maximum Gasteiger partial charge on any atom is 0.307 e. The molecule has 0 aliphatic heterocycles. The zero-order valence-electron chi connectivity index (χ0n) is 21.8. The largest absolute Gasteiger partial charge is 0.481 e. The Morgan fingerprint density at radius 2 is 1.46 bits per heavy atom. The standard InChI is InChI=1S/C26H35BrN4O8/c1-13(2)11-18(22(28)34)29-24(36)19(12-20(32)33)30-25(37)21(14-7-9-15(27)10-8-14)31-23(35)16-5-3-4-6-17(16)26(38)39/h7-10,13,16-19,21H,3-6,11-12H2,1-2H3,(H2,28,34)(H,29,36)(H,30,37)(H,31,35)(H,32,33)(H,38,39)/t16-,17-,18+,19+,21+/m1/s1. The fourth-order valence-corrected chi connectivity index (χ4v) is 4.84. The predicted molar refractivity (Wildman–Crippen MR) is 143 cm³/mol. The monoisotopic (exact) mass is 610 g/mol. The van der Waals surface area contributed by atoms with E-state index in [4.69, 9.17) is 5.73 Å². The predicted octanol–water partition coefficient (Wildman–Crippen LogP) is 1.47. The van der Waals surface area contributed by atoms with E-state index in [0.29, 0.717) is 35.7 Å². The topological polar surface area (TPSA) is 205 Å². The minimum absolute atomic E-state index is 0.0123. The van der Waals surface area contributed by atoms with Gasteiger partial charge in [-0.05, 0) is 42.9 Å². The maximum atomic E-state index is 13.4. The number of rotatable bonds is 13. The van der Waals surface area contributed by atoms with E-state index in [9.17, 15) is 39.0 Å². The SMILES string of the molecule is CC(C)C[C@H](NC(=O)[C@H](CC(=O)O)NC(=O)[C@@H](NC(=O)[C@@H]1CCCC[C@H]1C(=O)O)c1ccc(Br)cc1)C(N)=O. The van der Waals surface area contributed by atoms with Gasteiger partial charge in [0.25, 0.3) is 0 Å². The van der Waals surface area contributed by atoms with Gasteiger partial charge in [-0.2, -0.15) is 0 Å². The lowest BCUT2D eigenvalue weighted by Crippen LogP contribution is -2.55. The molecular weight excluding hydrogens is 576 g/mol. The van der Waals surface area contributed by atoms with Crippen molar-refractivity contribution >= 4 is 51.5 Å². The second kappa shape index (κ2) is 14.6. The molecule has 13 heteroatoms. The molecule has 39 heavy (non-hydrogen) atoms. The number of halogens is 1. The number of carboxylic acid groups (broad SMARTS) is 2. The molecule has 1 fully saturated rings. The van der Waals surface area contributed by atoms with E-state index in [1.807, 2.05) is 13.8 Å². The second-order valence-electron chi connectivity index (χ2n) is 10.1. The number of nitrogens with two attached hydrogens (primary N) is 1. The van der Waals surface area contributed by atoms with Gasteiger partial charge in [0.2, 0.25) is 23.6 Å². The first-order chi connectivity index (χ1) is 18.3. The van der Waals surface area contributed by atoms with Gasteiger partial charge in [0.15, 0.2) is 0 Å². The molecule has 1 aromatic rings. The number of hydrogen-bond acceptors (Lipinski definition) is 6. The minimum atomic E-state index is -1.58. The van der Waals surface area contributed by atoms with Crippen molar-refractivity contribution in [1.82, 2.24) is 16.0 Å². The van der Waals surface area contributed by atoms with Crippen molar-refractivity contribution in [3.63, 3.8) is 0 Å². The highest BCUT2D eigenvalue weighted by Crippen LogP contribution is 2.31. The van der Waals surface area contributed by atoms with Gasteiger partial charge in [0.05, 0.1) is 18.3 Å². The molecule has 0 bridgehead atoms. The number of carbonyl (C=O) groups excluding carboxylic acids is 4. The Morgan fingerprint density at radius 1 is 0.897 bits per heavy atom. The van der Waals surface area contributed by atoms with E-state index in [-0.39, 0.29) is 12.3 Å². The Hall–Kier alpha value is -3.48. The summed E-state index contributed by atoms with van der Waals surface area (Å²) in [6.07, 6.45) is 1.42. The van der Waals surface area contributed by atoms with Crippen LogP contribution in [0.3, 0.4) is 0 Å². The van der Waals surface area contributed by atoms with E-state index < -0.39 is 71.9 Å². The van der Waals surface area contributed by atoms with Crippen molar-refractivity contribution in [3.05, 3.63) is 34.3 Å². The van der Waals surface area contributed by atoms with Gasteiger partial charge in [0, 0.05) is 4.47 Å². The number of nitrogens with one attached hydrogen (secondary N) is 3. The number of hydrogen-bond donors (Lipinski definition) is 6. The van der Waals surface area contributed by atoms with Crippen molar-refractivity contribution in [2.45, 2.75) is 70.5 Å². The number of aliphatic carboxylic acids is 2. The average molecular weight is 611 g/mol.